The topological polar surface area (TPSA) is 46.2 Å². The van der Waals surface area contributed by atoms with E-state index in [4.69, 9.17) is 11.6 Å². The fourth-order valence-electron chi connectivity index (χ4n) is 1.49. The van der Waals surface area contributed by atoms with Crippen molar-refractivity contribution in [3.05, 3.63) is 23.2 Å². The van der Waals surface area contributed by atoms with Crippen molar-refractivity contribution < 1.29 is 8.42 Å². The average molecular weight is 232 g/mol. The molecule has 2 rings (SSSR count). The van der Waals surface area contributed by atoms with Crippen LogP contribution in [0.3, 0.4) is 0 Å². The Labute approximate surface area is 88.0 Å². The fourth-order valence-corrected chi connectivity index (χ4v) is 3.25. The first-order valence-electron chi connectivity index (χ1n) is 4.30. The second-order valence-electron chi connectivity index (χ2n) is 3.35. The molecule has 1 unspecified atom stereocenters. The van der Waals surface area contributed by atoms with Gasteiger partial charge in [-0.05, 0) is 19.1 Å². The number of anilines is 1. The summed E-state index contributed by atoms with van der Waals surface area (Å²) in [6.45, 7) is 2.10. The zero-order valence-electron chi connectivity index (χ0n) is 7.62. The third kappa shape index (κ3) is 1.29. The number of nitrogens with one attached hydrogen (secondary N) is 1. The van der Waals surface area contributed by atoms with Gasteiger partial charge in [-0.25, -0.2) is 8.42 Å². The number of sulfone groups is 1. The fraction of sp³-hybridized carbons (Fsp3) is 0.333. The van der Waals surface area contributed by atoms with E-state index < -0.39 is 15.1 Å². The van der Waals surface area contributed by atoms with Gasteiger partial charge in [-0.1, -0.05) is 17.7 Å². The average Bonchev–Trinajstić information content (AvgIpc) is 2.13. The van der Waals surface area contributed by atoms with Crippen LogP contribution < -0.4 is 5.32 Å². The Kier molecular flexibility index (Phi) is 2.20. The van der Waals surface area contributed by atoms with E-state index in [9.17, 15) is 8.42 Å². The predicted molar refractivity (Wildman–Crippen MR) is 56.6 cm³/mol. The molecule has 3 nitrogen and oxygen atoms in total. The third-order valence-corrected chi connectivity index (χ3v) is 4.87. The number of para-hydroxylation sites is 1. The van der Waals surface area contributed by atoms with E-state index in [1.807, 2.05) is 0 Å². The molecule has 0 saturated carbocycles. The molecular formula is C9H10ClNO2S. The van der Waals surface area contributed by atoms with Crippen LogP contribution >= 0.6 is 11.6 Å². The molecule has 1 atom stereocenters. The van der Waals surface area contributed by atoms with E-state index in [0.717, 1.165) is 0 Å². The number of rotatable bonds is 0. The van der Waals surface area contributed by atoms with Crippen LogP contribution in [0.4, 0.5) is 5.69 Å². The zero-order chi connectivity index (χ0) is 10.3. The minimum atomic E-state index is -3.19. The number of fused-ring (bicyclic) bond motifs is 1. The minimum Gasteiger partial charge on any atom is -0.381 e. The maximum Gasteiger partial charge on any atom is 0.184 e. The molecule has 1 aromatic carbocycles. The summed E-state index contributed by atoms with van der Waals surface area (Å²) < 4.78 is 23.7. The van der Waals surface area contributed by atoms with Gasteiger partial charge in [0.2, 0.25) is 0 Å². The number of hydrogen-bond acceptors (Lipinski definition) is 3. The maximum absolute atomic E-state index is 11.9. The summed E-state index contributed by atoms with van der Waals surface area (Å²) in [6.07, 6.45) is 0. The molecule has 1 heterocycles. The van der Waals surface area contributed by atoms with Crippen LogP contribution in [0, 0.1) is 0 Å². The lowest BCUT2D eigenvalue weighted by Crippen LogP contribution is -2.31. The standard InChI is InChI=1S/C9H10ClNO2S/c1-6-5-11-9-7(10)3-2-4-8(9)14(6,12)13/h2-4,6,11H,5H2,1H3. The van der Waals surface area contributed by atoms with Gasteiger partial charge in [0, 0.05) is 6.54 Å². The van der Waals surface area contributed by atoms with Crippen molar-refractivity contribution in [2.45, 2.75) is 17.1 Å². The Morgan fingerprint density at radius 3 is 2.93 bits per heavy atom. The zero-order valence-corrected chi connectivity index (χ0v) is 9.19. The van der Waals surface area contributed by atoms with Gasteiger partial charge in [-0.2, -0.15) is 0 Å². The van der Waals surface area contributed by atoms with Crippen molar-refractivity contribution in [3.63, 3.8) is 0 Å². The maximum atomic E-state index is 11.9. The van der Waals surface area contributed by atoms with Crippen LogP contribution in [-0.2, 0) is 9.84 Å². The molecule has 1 N–H and O–H groups in total. The lowest BCUT2D eigenvalue weighted by atomic mass is 10.3. The SMILES string of the molecule is CC1CNc2c(Cl)cccc2S1(=O)=O. The summed E-state index contributed by atoms with van der Waals surface area (Å²) in [4.78, 5) is 0.309. The molecule has 1 aliphatic heterocycles. The summed E-state index contributed by atoms with van der Waals surface area (Å²) in [7, 11) is -3.19. The summed E-state index contributed by atoms with van der Waals surface area (Å²) in [5.41, 5.74) is 0.535. The molecule has 5 heteroatoms. The van der Waals surface area contributed by atoms with E-state index in [0.29, 0.717) is 22.2 Å². The molecule has 0 saturated heterocycles. The van der Waals surface area contributed by atoms with E-state index >= 15 is 0 Å². The van der Waals surface area contributed by atoms with Gasteiger partial charge in [-0.3, -0.25) is 0 Å². The normalized spacial score (nSPS) is 23.7. The highest BCUT2D eigenvalue weighted by molar-refractivity contribution is 7.92. The van der Waals surface area contributed by atoms with Gasteiger partial charge in [0.15, 0.2) is 9.84 Å². The number of hydrogen-bond donors (Lipinski definition) is 1. The first kappa shape index (κ1) is 9.80. The molecular weight excluding hydrogens is 222 g/mol. The van der Waals surface area contributed by atoms with E-state index in [1.54, 1.807) is 25.1 Å². The van der Waals surface area contributed by atoms with E-state index in [2.05, 4.69) is 5.32 Å². The van der Waals surface area contributed by atoms with Crippen molar-refractivity contribution in [2.75, 3.05) is 11.9 Å². The van der Waals surface area contributed by atoms with Crippen LogP contribution in [0.1, 0.15) is 6.92 Å². The first-order valence-corrected chi connectivity index (χ1v) is 6.22. The van der Waals surface area contributed by atoms with Crippen molar-refractivity contribution >= 4 is 27.1 Å². The highest BCUT2D eigenvalue weighted by Crippen LogP contribution is 2.34. The molecule has 0 amide bonds. The molecule has 0 radical (unpaired) electrons. The second kappa shape index (κ2) is 3.14. The van der Waals surface area contributed by atoms with Gasteiger partial charge in [0.25, 0.3) is 0 Å². The van der Waals surface area contributed by atoms with Gasteiger partial charge >= 0.3 is 0 Å². The van der Waals surface area contributed by atoms with Gasteiger partial charge in [0.1, 0.15) is 0 Å². The van der Waals surface area contributed by atoms with Crippen LogP contribution in [0.25, 0.3) is 0 Å². The van der Waals surface area contributed by atoms with Gasteiger partial charge < -0.3 is 5.32 Å². The quantitative estimate of drug-likeness (QED) is 0.742. The highest BCUT2D eigenvalue weighted by atomic mass is 35.5. The number of benzene rings is 1. The molecule has 76 valence electrons. The van der Waals surface area contributed by atoms with Crippen LogP contribution in [0.2, 0.25) is 5.02 Å². The minimum absolute atomic E-state index is 0.309. The Balaban J connectivity index is 2.71. The largest absolute Gasteiger partial charge is 0.381 e. The van der Waals surface area contributed by atoms with E-state index in [-0.39, 0.29) is 0 Å². The lowest BCUT2D eigenvalue weighted by Gasteiger charge is -2.24. The monoisotopic (exact) mass is 231 g/mol. The molecule has 0 bridgehead atoms. The van der Waals surface area contributed by atoms with Crippen LogP contribution in [0.5, 0.6) is 0 Å². The van der Waals surface area contributed by atoms with Crippen molar-refractivity contribution in [1.82, 2.24) is 0 Å². The molecule has 1 aromatic rings. The van der Waals surface area contributed by atoms with Crippen molar-refractivity contribution in [1.29, 1.82) is 0 Å². The Morgan fingerprint density at radius 2 is 2.21 bits per heavy atom. The summed E-state index contributed by atoms with van der Waals surface area (Å²) in [6, 6.07) is 4.91. The molecule has 0 spiro atoms. The van der Waals surface area contributed by atoms with Crippen LogP contribution in [-0.4, -0.2) is 20.2 Å². The Morgan fingerprint density at radius 1 is 1.50 bits per heavy atom. The Bertz CT molecular complexity index is 470. The summed E-state index contributed by atoms with van der Waals surface area (Å²) >= 11 is 5.89. The molecule has 1 aliphatic rings. The summed E-state index contributed by atoms with van der Waals surface area (Å²) in [5.74, 6) is 0. The predicted octanol–water partition coefficient (Wildman–Crippen LogP) is 1.93. The van der Waals surface area contributed by atoms with Crippen molar-refractivity contribution in [2.24, 2.45) is 0 Å². The van der Waals surface area contributed by atoms with Crippen molar-refractivity contribution in [3.8, 4) is 0 Å². The van der Waals surface area contributed by atoms with E-state index in [1.165, 1.54) is 0 Å². The smallest absolute Gasteiger partial charge is 0.184 e. The van der Waals surface area contributed by atoms with Crippen LogP contribution in [0.15, 0.2) is 23.1 Å². The number of halogens is 1. The van der Waals surface area contributed by atoms with Gasteiger partial charge in [-0.15, -0.1) is 0 Å². The van der Waals surface area contributed by atoms with Gasteiger partial charge in [0.05, 0.1) is 20.9 Å². The molecule has 0 aliphatic carbocycles. The second-order valence-corrected chi connectivity index (χ2v) is 6.09. The molecule has 0 fully saturated rings. The molecule has 0 aromatic heterocycles. The Hall–Kier alpha value is -0.740. The third-order valence-electron chi connectivity index (χ3n) is 2.38. The first-order chi connectivity index (χ1) is 6.53. The summed E-state index contributed by atoms with van der Waals surface area (Å²) in [5, 5.41) is 3.09. The lowest BCUT2D eigenvalue weighted by molar-refractivity contribution is 0.582. The highest BCUT2D eigenvalue weighted by Gasteiger charge is 2.31. The molecule has 14 heavy (non-hydrogen) atoms.